The summed E-state index contributed by atoms with van der Waals surface area (Å²) in [6.45, 7) is 0.654. The van der Waals surface area contributed by atoms with E-state index >= 15 is 0 Å². The molecular formula is C9H14F3N3S. The third-order valence-corrected chi connectivity index (χ3v) is 2.64. The van der Waals surface area contributed by atoms with Gasteiger partial charge in [0.25, 0.3) is 0 Å². The minimum absolute atomic E-state index is 0.317. The van der Waals surface area contributed by atoms with Crippen molar-refractivity contribution < 1.29 is 13.2 Å². The van der Waals surface area contributed by atoms with Crippen LogP contribution in [-0.4, -0.2) is 37.3 Å². The van der Waals surface area contributed by atoms with E-state index in [-0.39, 0.29) is 0 Å². The Bertz CT molecular complexity index is 274. The van der Waals surface area contributed by atoms with E-state index in [1.54, 1.807) is 17.5 Å². The van der Waals surface area contributed by atoms with Crippen molar-refractivity contribution in [1.82, 2.24) is 15.6 Å². The van der Waals surface area contributed by atoms with E-state index in [9.17, 15) is 13.2 Å². The Labute approximate surface area is 96.1 Å². The first-order valence-corrected chi connectivity index (χ1v) is 5.82. The predicted molar refractivity (Wildman–Crippen MR) is 57.6 cm³/mol. The highest BCUT2D eigenvalue weighted by Gasteiger charge is 2.25. The Kier molecular flexibility index (Phi) is 5.72. The summed E-state index contributed by atoms with van der Waals surface area (Å²) >= 11 is 1.58. The lowest BCUT2D eigenvalue weighted by Gasteiger charge is -2.08. The number of halogens is 3. The zero-order valence-electron chi connectivity index (χ0n) is 8.68. The number of nitrogens with zero attached hydrogens (tertiary/aromatic N) is 1. The molecule has 0 amide bonds. The topological polar surface area (TPSA) is 37.0 Å². The van der Waals surface area contributed by atoms with Gasteiger partial charge in [-0.05, 0) is 0 Å². The van der Waals surface area contributed by atoms with Gasteiger partial charge in [0, 0.05) is 37.6 Å². The monoisotopic (exact) mass is 253 g/mol. The Hall–Kier alpha value is -0.660. The second-order valence-electron chi connectivity index (χ2n) is 3.22. The summed E-state index contributed by atoms with van der Waals surface area (Å²) < 4.78 is 35.2. The van der Waals surface area contributed by atoms with Crippen LogP contribution in [-0.2, 0) is 6.42 Å². The van der Waals surface area contributed by atoms with Crippen molar-refractivity contribution in [2.24, 2.45) is 0 Å². The average molecular weight is 253 g/mol. The van der Waals surface area contributed by atoms with Crippen molar-refractivity contribution >= 4 is 11.3 Å². The number of thiazole rings is 1. The molecule has 0 aromatic carbocycles. The lowest BCUT2D eigenvalue weighted by atomic mass is 10.4. The van der Waals surface area contributed by atoms with Crippen LogP contribution in [0.1, 0.15) is 5.01 Å². The molecule has 0 unspecified atom stereocenters. The molecule has 3 nitrogen and oxygen atoms in total. The van der Waals surface area contributed by atoms with E-state index < -0.39 is 12.7 Å². The fourth-order valence-corrected chi connectivity index (χ4v) is 1.72. The molecule has 0 fully saturated rings. The minimum Gasteiger partial charge on any atom is -0.315 e. The van der Waals surface area contributed by atoms with E-state index in [0.29, 0.717) is 13.1 Å². The highest BCUT2D eigenvalue weighted by Crippen LogP contribution is 2.11. The lowest BCUT2D eigenvalue weighted by molar-refractivity contribution is -0.124. The number of rotatable bonds is 7. The molecule has 2 N–H and O–H groups in total. The number of nitrogens with one attached hydrogen (secondary N) is 2. The van der Waals surface area contributed by atoms with E-state index in [4.69, 9.17) is 0 Å². The Morgan fingerprint density at radius 2 is 1.94 bits per heavy atom. The maximum atomic E-state index is 11.7. The third kappa shape index (κ3) is 6.76. The second kappa shape index (κ2) is 6.82. The van der Waals surface area contributed by atoms with Gasteiger partial charge in [-0.1, -0.05) is 0 Å². The van der Waals surface area contributed by atoms with E-state index in [0.717, 1.165) is 18.0 Å². The first-order chi connectivity index (χ1) is 7.58. The quantitative estimate of drug-likeness (QED) is 0.722. The Morgan fingerprint density at radius 1 is 1.19 bits per heavy atom. The summed E-state index contributed by atoms with van der Waals surface area (Å²) in [6, 6.07) is 0. The molecule has 16 heavy (non-hydrogen) atoms. The van der Waals surface area contributed by atoms with Gasteiger partial charge in [-0.25, -0.2) is 4.98 Å². The van der Waals surface area contributed by atoms with Crippen LogP contribution >= 0.6 is 11.3 Å². The molecule has 0 saturated heterocycles. The molecule has 0 atom stereocenters. The van der Waals surface area contributed by atoms with Gasteiger partial charge in [0.15, 0.2) is 0 Å². The van der Waals surface area contributed by atoms with E-state index in [1.807, 2.05) is 5.38 Å². The van der Waals surface area contributed by atoms with Gasteiger partial charge >= 0.3 is 6.18 Å². The molecule has 1 heterocycles. The van der Waals surface area contributed by atoms with Crippen molar-refractivity contribution in [3.8, 4) is 0 Å². The molecule has 92 valence electrons. The molecule has 0 aliphatic carbocycles. The fraction of sp³-hybridized carbons (Fsp3) is 0.667. The lowest BCUT2D eigenvalue weighted by Crippen LogP contribution is -2.34. The first kappa shape index (κ1) is 13.4. The van der Waals surface area contributed by atoms with Crippen LogP contribution < -0.4 is 10.6 Å². The van der Waals surface area contributed by atoms with Gasteiger partial charge < -0.3 is 10.6 Å². The minimum atomic E-state index is -4.12. The SMILES string of the molecule is FC(F)(F)CNCCNCCc1nccs1. The second-order valence-corrected chi connectivity index (χ2v) is 4.20. The van der Waals surface area contributed by atoms with Crippen molar-refractivity contribution in [2.45, 2.75) is 12.6 Å². The summed E-state index contributed by atoms with van der Waals surface area (Å²) in [5, 5.41) is 8.31. The van der Waals surface area contributed by atoms with Gasteiger partial charge in [-0.2, -0.15) is 13.2 Å². The maximum Gasteiger partial charge on any atom is 0.401 e. The third-order valence-electron chi connectivity index (χ3n) is 1.80. The molecule has 1 rings (SSSR count). The molecule has 0 radical (unpaired) electrons. The highest BCUT2D eigenvalue weighted by atomic mass is 32.1. The summed E-state index contributed by atoms with van der Waals surface area (Å²) in [5.74, 6) is 0. The number of hydrogen-bond acceptors (Lipinski definition) is 4. The maximum absolute atomic E-state index is 11.7. The average Bonchev–Trinajstić information content (AvgIpc) is 2.67. The van der Waals surface area contributed by atoms with Gasteiger partial charge in [-0.3, -0.25) is 0 Å². The fourth-order valence-electron chi connectivity index (χ4n) is 1.10. The van der Waals surface area contributed by atoms with Crippen LogP contribution in [0.5, 0.6) is 0 Å². The molecule has 0 bridgehead atoms. The van der Waals surface area contributed by atoms with Gasteiger partial charge in [0.2, 0.25) is 0 Å². The van der Waals surface area contributed by atoms with Crippen LogP contribution in [0.2, 0.25) is 0 Å². The van der Waals surface area contributed by atoms with Gasteiger partial charge in [0.05, 0.1) is 11.6 Å². The molecule has 7 heteroatoms. The van der Waals surface area contributed by atoms with Crippen LogP contribution in [0.25, 0.3) is 0 Å². The summed E-state index contributed by atoms with van der Waals surface area (Å²) in [4.78, 5) is 4.10. The number of alkyl halides is 3. The molecule has 0 aliphatic heterocycles. The zero-order valence-corrected chi connectivity index (χ0v) is 9.50. The largest absolute Gasteiger partial charge is 0.401 e. The summed E-state index contributed by atoms with van der Waals surface area (Å²) in [6.07, 6.45) is -1.57. The molecule has 0 aliphatic rings. The van der Waals surface area contributed by atoms with Crippen molar-refractivity contribution in [3.63, 3.8) is 0 Å². The standard InChI is InChI=1S/C9H14F3N3S/c10-9(11,12)7-14-4-3-13-2-1-8-15-5-6-16-8/h5-6,13-14H,1-4,7H2. The molecule has 0 saturated carbocycles. The molecule has 1 aromatic heterocycles. The van der Waals surface area contributed by atoms with Crippen molar-refractivity contribution in [1.29, 1.82) is 0 Å². The van der Waals surface area contributed by atoms with Crippen molar-refractivity contribution in [3.05, 3.63) is 16.6 Å². The summed E-state index contributed by atoms with van der Waals surface area (Å²) in [5.41, 5.74) is 0. The number of hydrogen-bond donors (Lipinski definition) is 2. The van der Waals surface area contributed by atoms with Crippen LogP contribution in [0, 0.1) is 0 Å². The molecular weight excluding hydrogens is 239 g/mol. The van der Waals surface area contributed by atoms with Gasteiger partial charge in [0.1, 0.15) is 0 Å². The zero-order chi connectivity index (χ0) is 11.9. The smallest absolute Gasteiger partial charge is 0.315 e. The van der Waals surface area contributed by atoms with E-state index in [2.05, 4.69) is 15.6 Å². The normalized spacial score (nSPS) is 11.9. The highest BCUT2D eigenvalue weighted by molar-refractivity contribution is 7.09. The van der Waals surface area contributed by atoms with Gasteiger partial charge in [-0.15, -0.1) is 11.3 Å². The first-order valence-electron chi connectivity index (χ1n) is 4.94. The van der Waals surface area contributed by atoms with Crippen LogP contribution in [0.4, 0.5) is 13.2 Å². The number of aromatic nitrogens is 1. The predicted octanol–water partition coefficient (Wildman–Crippen LogP) is 1.43. The Balaban J connectivity index is 1.89. The molecule has 1 aromatic rings. The van der Waals surface area contributed by atoms with Crippen molar-refractivity contribution in [2.75, 3.05) is 26.2 Å². The van der Waals surface area contributed by atoms with E-state index in [1.165, 1.54) is 0 Å². The van der Waals surface area contributed by atoms with Crippen LogP contribution in [0.15, 0.2) is 11.6 Å². The van der Waals surface area contributed by atoms with Crippen LogP contribution in [0.3, 0.4) is 0 Å². The Morgan fingerprint density at radius 3 is 2.56 bits per heavy atom. The molecule has 0 spiro atoms. The summed E-state index contributed by atoms with van der Waals surface area (Å²) in [7, 11) is 0.